The average molecular weight is 437 g/mol. The summed E-state index contributed by atoms with van der Waals surface area (Å²) in [5.41, 5.74) is 1.44. The van der Waals surface area contributed by atoms with E-state index in [2.05, 4.69) is 10.0 Å². The number of carbonyl (C=O) groups excluding carboxylic acids is 2. The van der Waals surface area contributed by atoms with Crippen molar-refractivity contribution in [3.63, 3.8) is 0 Å². The summed E-state index contributed by atoms with van der Waals surface area (Å²) >= 11 is 18.2. The first-order valence-corrected chi connectivity index (χ1v) is 10.2. The topological polar surface area (TPSA) is 43.9 Å². The van der Waals surface area contributed by atoms with Crippen LogP contribution in [0.4, 0.5) is 5.69 Å². The molecule has 0 saturated carbocycles. The van der Waals surface area contributed by atoms with Gasteiger partial charge in [0.2, 0.25) is 5.91 Å². The van der Waals surface area contributed by atoms with Crippen molar-refractivity contribution < 1.29 is 9.59 Å². The Morgan fingerprint density at radius 1 is 0.786 bits per heavy atom. The van der Waals surface area contributed by atoms with E-state index in [-0.39, 0.29) is 17.9 Å². The minimum atomic E-state index is -0.495. The predicted octanol–water partition coefficient (Wildman–Crippen LogP) is 4.18. The van der Waals surface area contributed by atoms with Gasteiger partial charge in [0.25, 0.3) is 5.91 Å². The number of fused-ring (bicyclic) bond motifs is 3. The number of nitrogens with zero attached hydrogens (tertiary/aromatic N) is 3. The van der Waals surface area contributed by atoms with Gasteiger partial charge in [0, 0.05) is 18.1 Å². The van der Waals surface area contributed by atoms with Crippen LogP contribution in [0.1, 0.15) is 18.0 Å². The van der Waals surface area contributed by atoms with Gasteiger partial charge in [-0.05, 0) is 42.3 Å². The number of halogens is 3. The highest BCUT2D eigenvalue weighted by molar-refractivity contribution is 6.42. The van der Waals surface area contributed by atoms with Gasteiger partial charge in [-0.1, -0.05) is 46.9 Å². The Morgan fingerprint density at radius 2 is 1.46 bits per heavy atom. The second-order valence-corrected chi connectivity index (χ2v) is 8.51. The van der Waals surface area contributed by atoms with Crippen LogP contribution in [0.2, 0.25) is 15.1 Å². The van der Waals surface area contributed by atoms with E-state index in [0.717, 1.165) is 25.1 Å². The molecule has 0 radical (unpaired) electrons. The van der Waals surface area contributed by atoms with Crippen LogP contribution in [0.3, 0.4) is 0 Å². The van der Waals surface area contributed by atoms with Crippen LogP contribution < -0.4 is 4.90 Å². The molecule has 3 heterocycles. The second kappa shape index (κ2) is 6.71. The fraction of sp³-hybridized carbons (Fsp3) is 0.300. The third-order valence-corrected chi connectivity index (χ3v) is 6.77. The Kier molecular flexibility index (Phi) is 4.41. The molecule has 2 amide bonds. The third kappa shape index (κ3) is 2.61. The first-order chi connectivity index (χ1) is 13.5. The highest BCUT2D eigenvalue weighted by Gasteiger charge is 2.62. The molecular weight excluding hydrogens is 421 g/mol. The normalized spacial score (nSPS) is 27.5. The fourth-order valence-corrected chi connectivity index (χ4v) is 5.07. The van der Waals surface area contributed by atoms with Crippen LogP contribution >= 0.6 is 34.8 Å². The summed E-state index contributed by atoms with van der Waals surface area (Å²) in [6.45, 7) is 1.59. The summed E-state index contributed by atoms with van der Waals surface area (Å²) in [6.07, 6.45) is 0.960. The lowest BCUT2D eigenvalue weighted by Gasteiger charge is -2.29. The number of rotatable bonds is 2. The molecule has 0 aromatic heterocycles. The van der Waals surface area contributed by atoms with Crippen molar-refractivity contribution in [3.8, 4) is 0 Å². The molecular formula is C20H16Cl3N3O2. The van der Waals surface area contributed by atoms with Crippen molar-refractivity contribution in [3.05, 3.63) is 63.1 Å². The molecule has 5 nitrogen and oxygen atoms in total. The van der Waals surface area contributed by atoms with E-state index in [9.17, 15) is 9.59 Å². The molecule has 3 atom stereocenters. The number of benzene rings is 2. The van der Waals surface area contributed by atoms with Gasteiger partial charge < -0.3 is 0 Å². The molecule has 3 aliphatic heterocycles. The van der Waals surface area contributed by atoms with E-state index in [4.69, 9.17) is 34.8 Å². The molecule has 2 aromatic rings. The van der Waals surface area contributed by atoms with Gasteiger partial charge in [0.15, 0.2) is 0 Å². The molecule has 0 unspecified atom stereocenters. The number of hydrogen-bond acceptors (Lipinski definition) is 4. The quantitative estimate of drug-likeness (QED) is 0.663. The summed E-state index contributed by atoms with van der Waals surface area (Å²) in [7, 11) is 0. The highest BCUT2D eigenvalue weighted by Crippen LogP contribution is 2.49. The second-order valence-electron chi connectivity index (χ2n) is 7.26. The monoisotopic (exact) mass is 435 g/mol. The van der Waals surface area contributed by atoms with Gasteiger partial charge in [0.1, 0.15) is 6.04 Å². The molecule has 28 heavy (non-hydrogen) atoms. The number of hydrogen-bond donors (Lipinski definition) is 0. The zero-order chi connectivity index (χ0) is 19.6. The summed E-state index contributed by atoms with van der Waals surface area (Å²) in [4.78, 5) is 28.0. The standard InChI is InChI=1S/C20H16Cl3N3O2/c21-12-4-2-11(3-5-12)17-16-18(25-9-1-8-24(17)25)20(28)26(19(16)27)13-6-7-14(22)15(23)10-13/h2-7,10,16-18H,1,8-9H2/t16-,17-,18-/m1/s1. The van der Waals surface area contributed by atoms with Crippen molar-refractivity contribution in [2.24, 2.45) is 5.92 Å². The Labute approximate surface area is 177 Å². The number of amides is 2. The van der Waals surface area contributed by atoms with E-state index >= 15 is 0 Å². The molecule has 0 N–H and O–H groups in total. The van der Waals surface area contributed by atoms with Gasteiger partial charge in [-0.25, -0.2) is 14.9 Å². The molecule has 8 heteroatoms. The minimum absolute atomic E-state index is 0.186. The Morgan fingerprint density at radius 3 is 2.14 bits per heavy atom. The first kappa shape index (κ1) is 18.4. The van der Waals surface area contributed by atoms with E-state index < -0.39 is 12.0 Å². The number of imide groups is 1. The summed E-state index contributed by atoms with van der Waals surface area (Å²) in [6, 6.07) is 11.7. The highest BCUT2D eigenvalue weighted by atomic mass is 35.5. The lowest BCUT2D eigenvalue weighted by Crippen LogP contribution is -2.44. The molecule has 144 valence electrons. The number of carbonyl (C=O) groups is 2. The van der Waals surface area contributed by atoms with Gasteiger partial charge in [-0.2, -0.15) is 0 Å². The van der Waals surface area contributed by atoms with Crippen LogP contribution in [0.25, 0.3) is 0 Å². The van der Waals surface area contributed by atoms with Gasteiger partial charge in [0.05, 0.1) is 27.7 Å². The molecule has 5 rings (SSSR count). The van der Waals surface area contributed by atoms with Crippen LogP contribution in [0, 0.1) is 5.92 Å². The minimum Gasteiger partial charge on any atom is -0.274 e. The van der Waals surface area contributed by atoms with E-state index in [1.165, 1.54) is 4.90 Å². The fourth-order valence-electron chi connectivity index (χ4n) is 4.65. The van der Waals surface area contributed by atoms with Crippen molar-refractivity contribution in [2.45, 2.75) is 18.5 Å². The smallest absolute Gasteiger partial charge is 0.253 e. The summed E-state index contributed by atoms with van der Waals surface area (Å²) in [5, 5.41) is 5.56. The third-order valence-electron chi connectivity index (χ3n) is 5.78. The maximum atomic E-state index is 13.4. The van der Waals surface area contributed by atoms with Crippen molar-refractivity contribution in [1.82, 2.24) is 10.0 Å². The largest absolute Gasteiger partial charge is 0.274 e. The lowest BCUT2D eigenvalue weighted by molar-refractivity contribution is -0.126. The van der Waals surface area contributed by atoms with Crippen molar-refractivity contribution in [2.75, 3.05) is 18.0 Å². The molecule has 2 aromatic carbocycles. The zero-order valence-electron chi connectivity index (χ0n) is 14.7. The van der Waals surface area contributed by atoms with Gasteiger partial charge in [-0.3, -0.25) is 9.59 Å². The Balaban J connectivity index is 1.58. The zero-order valence-corrected chi connectivity index (χ0v) is 17.0. The number of hydrazine groups is 1. The lowest BCUT2D eigenvalue weighted by atomic mass is 9.90. The Hall–Kier alpha value is -1.63. The van der Waals surface area contributed by atoms with E-state index in [0.29, 0.717) is 20.8 Å². The summed E-state index contributed by atoms with van der Waals surface area (Å²) in [5.74, 6) is -0.886. The van der Waals surface area contributed by atoms with Gasteiger partial charge in [-0.15, -0.1) is 0 Å². The van der Waals surface area contributed by atoms with Crippen LogP contribution in [-0.4, -0.2) is 41.0 Å². The number of anilines is 1. The molecule has 3 saturated heterocycles. The van der Waals surface area contributed by atoms with Crippen LogP contribution in [0.15, 0.2) is 42.5 Å². The van der Waals surface area contributed by atoms with Crippen LogP contribution in [0.5, 0.6) is 0 Å². The SMILES string of the molecule is O=C1[C@@H]2[C@@H](c3ccc(Cl)cc3)N3CCCN3[C@H]2C(=O)N1c1ccc(Cl)c(Cl)c1. The molecule has 0 spiro atoms. The average Bonchev–Trinajstić information content (AvgIpc) is 3.31. The molecule has 3 aliphatic rings. The van der Waals surface area contributed by atoms with E-state index in [1.54, 1.807) is 18.2 Å². The van der Waals surface area contributed by atoms with Crippen LogP contribution in [-0.2, 0) is 9.59 Å². The maximum Gasteiger partial charge on any atom is 0.253 e. The Bertz CT molecular complexity index is 981. The van der Waals surface area contributed by atoms with Crippen molar-refractivity contribution in [1.29, 1.82) is 0 Å². The predicted molar refractivity (Wildman–Crippen MR) is 108 cm³/mol. The van der Waals surface area contributed by atoms with Gasteiger partial charge >= 0.3 is 0 Å². The maximum absolute atomic E-state index is 13.4. The van der Waals surface area contributed by atoms with Crippen molar-refractivity contribution >= 4 is 52.3 Å². The molecule has 0 aliphatic carbocycles. The molecule has 3 fully saturated rings. The summed E-state index contributed by atoms with van der Waals surface area (Å²) < 4.78 is 0. The first-order valence-electron chi connectivity index (χ1n) is 9.09. The van der Waals surface area contributed by atoms with E-state index in [1.807, 2.05) is 24.3 Å². The molecule has 0 bridgehead atoms.